The zero-order chi connectivity index (χ0) is 16.1. The molecule has 5 heteroatoms. The van der Waals surface area contributed by atoms with E-state index in [1.165, 1.54) is 31.5 Å². The van der Waals surface area contributed by atoms with Crippen molar-refractivity contribution >= 4 is 5.96 Å². The Bertz CT molecular complexity index is 513. The van der Waals surface area contributed by atoms with Gasteiger partial charge in [0.05, 0.1) is 6.54 Å². The molecule has 1 fully saturated rings. The summed E-state index contributed by atoms with van der Waals surface area (Å²) in [6.45, 7) is 4.18. The van der Waals surface area contributed by atoms with Crippen LogP contribution in [0.3, 0.4) is 0 Å². The first-order valence-electron chi connectivity index (χ1n) is 8.62. The summed E-state index contributed by atoms with van der Waals surface area (Å²) in [7, 11) is 4.03. The SMILES string of the molecule is CN=C(NCC1CCN(C)CC1)NCC1Cc2ccccc2O1. The second kappa shape index (κ2) is 7.68. The molecule has 0 bridgehead atoms. The van der Waals surface area contributed by atoms with Crippen molar-refractivity contribution in [1.82, 2.24) is 15.5 Å². The standard InChI is InChI=1S/C18H28N4O/c1-19-18(20-12-14-7-9-22(2)10-8-14)21-13-16-11-15-5-3-4-6-17(15)23-16/h3-6,14,16H,7-13H2,1-2H3,(H2,19,20,21). The first-order valence-corrected chi connectivity index (χ1v) is 8.62. The van der Waals surface area contributed by atoms with Gasteiger partial charge in [0, 0.05) is 20.0 Å². The Labute approximate surface area is 139 Å². The van der Waals surface area contributed by atoms with Crippen LogP contribution in [0, 0.1) is 5.92 Å². The Morgan fingerprint density at radius 2 is 1.96 bits per heavy atom. The van der Waals surface area contributed by atoms with Gasteiger partial charge in [-0.1, -0.05) is 18.2 Å². The van der Waals surface area contributed by atoms with Crippen LogP contribution in [0.5, 0.6) is 5.75 Å². The fraction of sp³-hybridized carbons (Fsp3) is 0.611. The third kappa shape index (κ3) is 4.38. The van der Waals surface area contributed by atoms with Gasteiger partial charge in [-0.3, -0.25) is 4.99 Å². The Hall–Kier alpha value is -1.75. The number of nitrogens with zero attached hydrogens (tertiary/aromatic N) is 2. The monoisotopic (exact) mass is 316 g/mol. The van der Waals surface area contributed by atoms with Gasteiger partial charge in [0.1, 0.15) is 11.9 Å². The molecule has 0 amide bonds. The van der Waals surface area contributed by atoms with Crippen molar-refractivity contribution in [3.63, 3.8) is 0 Å². The van der Waals surface area contributed by atoms with Gasteiger partial charge in [-0.15, -0.1) is 0 Å². The lowest BCUT2D eigenvalue weighted by atomic mass is 9.97. The molecular weight excluding hydrogens is 288 g/mol. The molecular formula is C18H28N4O. The van der Waals surface area contributed by atoms with Crippen molar-refractivity contribution in [2.75, 3.05) is 40.3 Å². The molecule has 126 valence electrons. The lowest BCUT2D eigenvalue weighted by Gasteiger charge is -2.29. The van der Waals surface area contributed by atoms with Crippen molar-refractivity contribution in [2.24, 2.45) is 10.9 Å². The number of hydrogen-bond donors (Lipinski definition) is 2. The number of aliphatic imine (C=N–C) groups is 1. The molecule has 2 N–H and O–H groups in total. The summed E-state index contributed by atoms with van der Waals surface area (Å²) >= 11 is 0. The van der Waals surface area contributed by atoms with Crippen LogP contribution in [0.4, 0.5) is 0 Å². The van der Waals surface area contributed by atoms with Crippen molar-refractivity contribution in [2.45, 2.75) is 25.4 Å². The quantitative estimate of drug-likeness (QED) is 0.653. The van der Waals surface area contributed by atoms with Crippen molar-refractivity contribution < 1.29 is 4.74 Å². The summed E-state index contributed by atoms with van der Waals surface area (Å²) in [5, 5.41) is 6.86. The Balaban J connectivity index is 1.39. The molecule has 1 atom stereocenters. The van der Waals surface area contributed by atoms with Gasteiger partial charge in [0.25, 0.3) is 0 Å². The lowest BCUT2D eigenvalue weighted by molar-refractivity contribution is 0.219. The number of ether oxygens (including phenoxy) is 1. The summed E-state index contributed by atoms with van der Waals surface area (Å²) in [5.74, 6) is 2.65. The number of hydrogen-bond acceptors (Lipinski definition) is 3. The molecule has 0 spiro atoms. The van der Waals surface area contributed by atoms with Gasteiger partial charge >= 0.3 is 0 Å². The van der Waals surface area contributed by atoms with Crippen LogP contribution in [0.1, 0.15) is 18.4 Å². The van der Waals surface area contributed by atoms with E-state index in [0.717, 1.165) is 37.1 Å². The Morgan fingerprint density at radius 3 is 2.70 bits per heavy atom. The van der Waals surface area contributed by atoms with Crippen LogP contribution in [-0.4, -0.2) is 57.2 Å². The van der Waals surface area contributed by atoms with Crippen LogP contribution >= 0.6 is 0 Å². The minimum Gasteiger partial charge on any atom is -0.488 e. The maximum atomic E-state index is 5.96. The number of para-hydroxylation sites is 1. The van der Waals surface area contributed by atoms with Crippen LogP contribution in [0.15, 0.2) is 29.3 Å². The van der Waals surface area contributed by atoms with E-state index in [2.05, 4.69) is 39.7 Å². The molecule has 1 aromatic carbocycles. The molecule has 0 radical (unpaired) electrons. The highest BCUT2D eigenvalue weighted by Gasteiger charge is 2.22. The van der Waals surface area contributed by atoms with E-state index in [1.54, 1.807) is 0 Å². The summed E-state index contributed by atoms with van der Waals surface area (Å²) in [6, 6.07) is 8.28. The number of guanidine groups is 1. The Morgan fingerprint density at radius 1 is 1.22 bits per heavy atom. The summed E-state index contributed by atoms with van der Waals surface area (Å²) < 4.78 is 5.96. The maximum Gasteiger partial charge on any atom is 0.191 e. The highest BCUT2D eigenvalue weighted by molar-refractivity contribution is 5.79. The van der Waals surface area contributed by atoms with E-state index in [0.29, 0.717) is 0 Å². The van der Waals surface area contributed by atoms with Gasteiger partial charge < -0.3 is 20.3 Å². The van der Waals surface area contributed by atoms with Gasteiger partial charge in [0.2, 0.25) is 0 Å². The smallest absolute Gasteiger partial charge is 0.191 e. The maximum absolute atomic E-state index is 5.96. The summed E-state index contributed by atoms with van der Waals surface area (Å²) in [5.41, 5.74) is 1.30. The molecule has 2 aliphatic rings. The number of benzene rings is 1. The van der Waals surface area contributed by atoms with Crippen LogP contribution < -0.4 is 15.4 Å². The summed E-state index contributed by atoms with van der Waals surface area (Å²) in [4.78, 5) is 6.73. The molecule has 2 heterocycles. The normalized spacial score (nSPS) is 22.5. The molecule has 1 aromatic rings. The van der Waals surface area contributed by atoms with E-state index in [4.69, 9.17) is 4.74 Å². The lowest BCUT2D eigenvalue weighted by Crippen LogP contribution is -2.45. The number of piperidine rings is 1. The first-order chi connectivity index (χ1) is 11.2. The molecule has 2 aliphatic heterocycles. The fourth-order valence-corrected chi connectivity index (χ4v) is 3.31. The minimum atomic E-state index is 0.189. The molecule has 0 aliphatic carbocycles. The average Bonchev–Trinajstić information content (AvgIpc) is 2.99. The Kier molecular flexibility index (Phi) is 5.39. The highest BCUT2D eigenvalue weighted by Crippen LogP contribution is 2.27. The predicted molar refractivity (Wildman–Crippen MR) is 94.1 cm³/mol. The molecule has 3 rings (SSSR count). The summed E-state index contributed by atoms with van der Waals surface area (Å²) in [6.07, 6.45) is 3.69. The number of likely N-dealkylation sites (tertiary alicyclic amines) is 1. The average molecular weight is 316 g/mol. The van der Waals surface area contributed by atoms with E-state index < -0.39 is 0 Å². The molecule has 1 saturated heterocycles. The highest BCUT2D eigenvalue weighted by atomic mass is 16.5. The second-order valence-electron chi connectivity index (χ2n) is 6.63. The van der Waals surface area contributed by atoms with E-state index in [9.17, 15) is 0 Å². The molecule has 0 saturated carbocycles. The zero-order valence-corrected chi connectivity index (χ0v) is 14.2. The van der Waals surface area contributed by atoms with Crippen LogP contribution in [0.2, 0.25) is 0 Å². The molecule has 1 unspecified atom stereocenters. The largest absolute Gasteiger partial charge is 0.488 e. The van der Waals surface area contributed by atoms with E-state index in [1.807, 2.05) is 19.2 Å². The zero-order valence-electron chi connectivity index (χ0n) is 14.2. The first kappa shape index (κ1) is 16.1. The van der Waals surface area contributed by atoms with E-state index in [-0.39, 0.29) is 6.10 Å². The van der Waals surface area contributed by atoms with E-state index >= 15 is 0 Å². The third-order valence-electron chi connectivity index (χ3n) is 4.83. The molecule has 0 aromatic heterocycles. The van der Waals surface area contributed by atoms with Crippen molar-refractivity contribution in [3.8, 4) is 5.75 Å². The topological polar surface area (TPSA) is 48.9 Å². The molecule has 5 nitrogen and oxygen atoms in total. The number of nitrogens with one attached hydrogen (secondary N) is 2. The number of fused-ring (bicyclic) bond motifs is 1. The molecule has 23 heavy (non-hydrogen) atoms. The van der Waals surface area contributed by atoms with Gasteiger partial charge in [-0.05, 0) is 50.5 Å². The predicted octanol–water partition coefficient (Wildman–Crippen LogP) is 1.50. The van der Waals surface area contributed by atoms with Gasteiger partial charge in [-0.25, -0.2) is 0 Å². The van der Waals surface area contributed by atoms with Crippen molar-refractivity contribution in [1.29, 1.82) is 0 Å². The third-order valence-corrected chi connectivity index (χ3v) is 4.83. The fourth-order valence-electron chi connectivity index (χ4n) is 3.31. The van der Waals surface area contributed by atoms with Crippen molar-refractivity contribution in [3.05, 3.63) is 29.8 Å². The van der Waals surface area contributed by atoms with Gasteiger partial charge in [-0.2, -0.15) is 0 Å². The number of rotatable bonds is 4. The van der Waals surface area contributed by atoms with Crippen LogP contribution in [0.25, 0.3) is 0 Å². The van der Waals surface area contributed by atoms with Crippen LogP contribution in [-0.2, 0) is 6.42 Å². The second-order valence-corrected chi connectivity index (χ2v) is 6.63. The minimum absolute atomic E-state index is 0.189. The van der Waals surface area contributed by atoms with Gasteiger partial charge in [0.15, 0.2) is 5.96 Å².